The molecule has 1 amide bonds. The summed E-state index contributed by atoms with van der Waals surface area (Å²) in [7, 11) is 4.18. The third-order valence-corrected chi connectivity index (χ3v) is 6.82. The van der Waals surface area contributed by atoms with Gasteiger partial charge in [0.05, 0.1) is 35.4 Å². The van der Waals surface area contributed by atoms with Gasteiger partial charge in [0.2, 0.25) is 12.3 Å². The fourth-order valence-electron chi connectivity index (χ4n) is 4.59. The molecule has 0 saturated carbocycles. The van der Waals surface area contributed by atoms with Gasteiger partial charge in [0, 0.05) is 24.8 Å². The summed E-state index contributed by atoms with van der Waals surface area (Å²) >= 11 is 0. The van der Waals surface area contributed by atoms with Gasteiger partial charge in [-0.15, -0.1) is 10.2 Å². The lowest BCUT2D eigenvalue weighted by atomic mass is 10.0. The number of piperidine rings is 1. The van der Waals surface area contributed by atoms with Crippen molar-refractivity contribution in [3.8, 4) is 22.6 Å². The maximum Gasteiger partial charge on any atom is 0.314 e. The van der Waals surface area contributed by atoms with Gasteiger partial charge in [0.15, 0.2) is 0 Å². The minimum atomic E-state index is -2.84. The fourth-order valence-corrected chi connectivity index (χ4v) is 4.59. The first-order valence-electron chi connectivity index (χ1n) is 12.2. The van der Waals surface area contributed by atoms with Crippen LogP contribution in [0.5, 0.6) is 0 Å². The Morgan fingerprint density at radius 3 is 2.50 bits per heavy atom. The Kier molecular flexibility index (Phi) is 7.40. The van der Waals surface area contributed by atoms with Gasteiger partial charge < -0.3 is 23.6 Å². The number of anilines is 2. The SMILES string of the molecule is CN1CCC(N(C)c2cc(-c3cnoc3)ccc2N(C=O)Cc2ccc(-c3nnc(C(F)F)o3)cn2)CC1. The second kappa shape index (κ2) is 11.1. The number of benzene rings is 1. The van der Waals surface area contributed by atoms with Gasteiger partial charge in [-0.3, -0.25) is 9.78 Å². The number of hydrogen-bond donors (Lipinski definition) is 0. The highest BCUT2D eigenvalue weighted by Gasteiger charge is 2.25. The van der Waals surface area contributed by atoms with Crippen molar-refractivity contribution in [1.82, 2.24) is 25.2 Å². The number of amides is 1. The Bertz CT molecular complexity index is 1350. The number of alkyl halides is 2. The first-order chi connectivity index (χ1) is 18.4. The van der Waals surface area contributed by atoms with E-state index in [0.29, 0.717) is 17.3 Å². The van der Waals surface area contributed by atoms with Crippen LogP contribution in [0.25, 0.3) is 22.6 Å². The third-order valence-electron chi connectivity index (χ3n) is 6.82. The molecule has 5 rings (SSSR count). The van der Waals surface area contributed by atoms with E-state index >= 15 is 0 Å². The van der Waals surface area contributed by atoms with E-state index in [0.717, 1.165) is 54.8 Å². The van der Waals surface area contributed by atoms with Crippen molar-refractivity contribution < 1.29 is 22.5 Å². The minimum absolute atomic E-state index is 0.0436. The average molecular weight is 524 g/mol. The molecule has 0 bridgehead atoms. The van der Waals surface area contributed by atoms with E-state index in [1.807, 2.05) is 18.2 Å². The lowest BCUT2D eigenvalue weighted by Gasteiger charge is -2.38. The van der Waals surface area contributed by atoms with Crippen molar-refractivity contribution in [2.45, 2.75) is 31.9 Å². The van der Waals surface area contributed by atoms with Crippen LogP contribution in [0.1, 0.15) is 30.9 Å². The monoisotopic (exact) mass is 523 g/mol. The molecule has 198 valence electrons. The predicted molar refractivity (Wildman–Crippen MR) is 136 cm³/mol. The van der Waals surface area contributed by atoms with Gasteiger partial charge in [-0.1, -0.05) is 11.2 Å². The number of likely N-dealkylation sites (tertiary alicyclic amines) is 1. The Labute approximate surface area is 217 Å². The van der Waals surface area contributed by atoms with Crippen molar-refractivity contribution in [1.29, 1.82) is 0 Å². The smallest absolute Gasteiger partial charge is 0.314 e. The highest BCUT2D eigenvalue weighted by Crippen LogP contribution is 2.36. The zero-order chi connectivity index (χ0) is 26.6. The van der Waals surface area contributed by atoms with E-state index in [2.05, 4.69) is 44.2 Å². The van der Waals surface area contributed by atoms with Crippen molar-refractivity contribution >= 4 is 17.8 Å². The molecule has 1 aromatic carbocycles. The lowest BCUT2D eigenvalue weighted by Crippen LogP contribution is -2.42. The molecule has 38 heavy (non-hydrogen) atoms. The predicted octanol–water partition coefficient (Wildman–Crippen LogP) is 4.42. The number of nitrogens with zero attached hydrogens (tertiary/aromatic N) is 7. The van der Waals surface area contributed by atoms with E-state index in [4.69, 9.17) is 8.94 Å². The maximum absolute atomic E-state index is 12.8. The van der Waals surface area contributed by atoms with Crippen LogP contribution < -0.4 is 9.80 Å². The van der Waals surface area contributed by atoms with Crippen LogP contribution in [-0.2, 0) is 11.3 Å². The summed E-state index contributed by atoms with van der Waals surface area (Å²) in [4.78, 5) is 22.9. The molecule has 4 heterocycles. The topological polar surface area (TPSA) is 105 Å². The van der Waals surface area contributed by atoms with Gasteiger partial charge in [0.1, 0.15) is 6.26 Å². The summed E-state index contributed by atoms with van der Waals surface area (Å²) in [6.45, 7) is 2.21. The van der Waals surface area contributed by atoms with Crippen LogP contribution in [0.3, 0.4) is 0 Å². The summed E-state index contributed by atoms with van der Waals surface area (Å²) in [5.41, 5.74) is 4.44. The molecule has 1 fully saturated rings. The van der Waals surface area contributed by atoms with Crippen molar-refractivity contribution in [3.05, 3.63) is 60.6 Å². The summed E-state index contributed by atoms with van der Waals surface area (Å²) in [6, 6.07) is 9.55. The Hall–Kier alpha value is -4.19. The standard InChI is InChI=1S/C26H27F2N7O3/c1-33-9-7-21(8-10-33)34(2)23-11-17(19-13-30-37-15-19)4-6-22(23)35(16-36)14-20-5-3-18(12-29-20)25-31-32-26(38-25)24(27)28/h3-6,11-13,15-16,21,24H,7-10,14H2,1-2H3. The summed E-state index contributed by atoms with van der Waals surface area (Å²) in [6.07, 6.45) is 4.66. The number of carbonyl (C=O) groups is 1. The molecule has 1 aliphatic rings. The normalized spacial score (nSPS) is 14.7. The number of hydrogen-bond acceptors (Lipinski definition) is 9. The molecule has 10 nitrogen and oxygen atoms in total. The molecule has 0 aliphatic carbocycles. The molecule has 0 unspecified atom stereocenters. The molecular weight excluding hydrogens is 496 g/mol. The average Bonchev–Trinajstić information content (AvgIpc) is 3.65. The summed E-state index contributed by atoms with van der Waals surface area (Å²) in [5, 5.41) is 10.8. The fraction of sp³-hybridized carbons (Fsp3) is 0.346. The molecule has 4 aromatic rings. The van der Waals surface area contributed by atoms with Crippen LogP contribution in [0.15, 0.2) is 57.9 Å². The zero-order valence-electron chi connectivity index (χ0n) is 21.0. The van der Waals surface area contributed by atoms with Crippen LogP contribution in [0, 0.1) is 0 Å². The summed E-state index contributed by atoms with van der Waals surface area (Å²) < 4.78 is 35.6. The summed E-state index contributed by atoms with van der Waals surface area (Å²) in [5.74, 6) is -0.787. The molecule has 0 spiro atoms. The van der Waals surface area contributed by atoms with Crippen LogP contribution in [-0.4, -0.2) is 64.9 Å². The van der Waals surface area contributed by atoms with Gasteiger partial charge in [-0.25, -0.2) is 0 Å². The van der Waals surface area contributed by atoms with E-state index in [1.165, 1.54) is 6.20 Å². The van der Waals surface area contributed by atoms with Crippen molar-refractivity contribution in [2.75, 3.05) is 37.0 Å². The van der Waals surface area contributed by atoms with Crippen molar-refractivity contribution in [3.63, 3.8) is 0 Å². The minimum Gasteiger partial charge on any atom is -0.415 e. The quantitative estimate of drug-likeness (QED) is 0.295. The van der Waals surface area contributed by atoms with Gasteiger partial charge >= 0.3 is 6.43 Å². The molecule has 0 N–H and O–H groups in total. The molecule has 1 saturated heterocycles. The third kappa shape index (κ3) is 5.40. The number of halogens is 2. The van der Waals surface area contributed by atoms with E-state index in [9.17, 15) is 13.6 Å². The highest BCUT2D eigenvalue weighted by atomic mass is 19.3. The number of rotatable bonds is 9. The molecule has 1 aliphatic heterocycles. The van der Waals surface area contributed by atoms with Crippen LogP contribution in [0.2, 0.25) is 0 Å². The molecule has 0 radical (unpaired) electrons. The van der Waals surface area contributed by atoms with Crippen LogP contribution in [0.4, 0.5) is 20.2 Å². The zero-order valence-corrected chi connectivity index (χ0v) is 21.0. The first kappa shape index (κ1) is 25.5. The number of pyridine rings is 1. The largest absolute Gasteiger partial charge is 0.415 e. The Morgan fingerprint density at radius 2 is 1.87 bits per heavy atom. The molecular formula is C26H27F2N7O3. The highest BCUT2D eigenvalue weighted by molar-refractivity contribution is 5.87. The molecule has 0 atom stereocenters. The lowest BCUT2D eigenvalue weighted by molar-refractivity contribution is -0.107. The first-order valence-corrected chi connectivity index (χ1v) is 12.2. The second-order valence-corrected chi connectivity index (χ2v) is 9.28. The van der Waals surface area contributed by atoms with Gasteiger partial charge in [-0.05, 0) is 62.8 Å². The maximum atomic E-state index is 12.8. The Morgan fingerprint density at radius 1 is 1.08 bits per heavy atom. The number of carbonyl (C=O) groups excluding carboxylic acids is 1. The van der Waals surface area contributed by atoms with Crippen molar-refractivity contribution in [2.24, 2.45) is 0 Å². The number of aromatic nitrogens is 4. The van der Waals surface area contributed by atoms with Gasteiger partial charge in [0.25, 0.3) is 5.89 Å². The molecule has 12 heteroatoms. The van der Waals surface area contributed by atoms with Crippen LogP contribution >= 0.6 is 0 Å². The van der Waals surface area contributed by atoms with E-state index < -0.39 is 12.3 Å². The van der Waals surface area contributed by atoms with E-state index in [1.54, 1.807) is 29.5 Å². The van der Waals surface area contributed by atoms with Gasteiger partial charge in [-0.2, -0.15) is 8.78 Å². The van der Waals surface area contributed by atoms with E-state index in [-0.39, 0.29) is 12.4 Å². The Balaban J connectivity index is 1.41. The molecule has 3 aromatic heterocycles. The second-order valence-electron chi connectivity index (χ2n) is 9.28.